The largest absolute Gasteiger partial charge is 0.497 e. The highest BCUT2D eigenvalue weighted by Gasteiger charge is 2.38. The van der Waals surface area contributed by atoms with E-state index in [-0.39, 0.29) is 11.0 Å². The van der Waals surface area contributed by atoms with Crippen molar-refractivity contribution in [3.63, 3.8) is 0 Å². The van der Waals surface area contributed by atoms with Crippen LogP contribution < -0.4 is 10.1 Å². The quantitative estimate of drug-likeness (QED) is 0.848. The zero-order chi connectivity index (χ0) is 16.2. The summed E-state index contributed by atoms with van der Waals surface area (Å²) in [5, 5.41) is 8.33. The van der Waals surface area contributed by atoms with Crippen molar-refractivity contribution in [2.45, 2.75) is 11.4 Å². The van der Waals surface area contributed by atoms with E-state index in [1.54, 1.807) is 24.3 Å². The van der Waals surface area contributed by atoms with Crippen LogP contribution in [0.15, 0.2) is 33.9 Å². The van der Waals surface area contributed by atoms with E-state index in [1.165, 1.54) is 7.11 Å². The van der Waals surface area contributed by atoms with E-state index >= 15 is 0 Å². The molecule has 0 saturated heterocycles. The van der Waals surface area contributed by atoms with Crippen molar-refractivity contribution in [3.05, 3.63) is 30.2 Å². The van der Waals surface area contributed by atoms with Gasteiger partial charge >= 0.3 is 12.1 Å². The first-order valence-corrected chi connectivity index (χ1v) is 6.84. The molecule has 1 amide bonds. The predicted molar refractivity (Wildman–Crippen MR) is 71.6 cm³/mol. The molecule has 0 saturated carbocycles. The number of nitrogens with one attached hydrogen (secondary N) is 1. The number of nitrogens with zero attached hydrogens (tertiary/aromatic N) is 2. The number of halogens is 3. The molecule has 0 unspecified atom stereocenters. The van der Waals surface area contributed by atoms with Crippen LogP contribution in [0.5, 0.6) is 5.75 Å². The lowest BCUT2D eigenvalue weighted by molar-refractivity contribution is -0.158. The fourth-order valence-electron chi connectivity index (χ4n) is 1.38. The number of anilines is 1. The molecule has 22 heavy (non-hydrogen) atoms. The van der Waals surface area contributed by atoms with Crippen molar-refractivity contribution < 1.29 is 27.1 Å². The van der Waals surface area contributed by atoms with Crippen LogP contribution >= 0.6 is 11.8 Å². The number of aromatic nitrogens is 2. The Hall–Kier alpha value is -2.23. The van der Waals surface area contributed by atoms with Crippen LogP contribution in [0, 0.1) is 0 Å². The highest BCUT2D eigenvalue weighted by Crippen LogP contribution is 2.29. The number of alkyl halides is 3. The maximum Gasteiger partial charge on any atom is 0.470 e. The molecule has 0 bridgehead atoms. The van der Waals surface area contributed by atoms with Gasteiger partial charge in [-0.15, -0.1) is 10.2 Å². The number of hydrogen-bond donors (Lipinski definition) is 1. The summed E-state index contributed by atoms with van der Waals surface area (Å²) in [6.45, 7) is 0. The second-order valence-corrected chi connectivity index (χ2v) is 4.86. The van der Waals surface area contributed by atoms with E-state index < -0.39 is 18.0 Å². The summed E-state index contributed by atoms with van der Waals surface area (Å²) < 4.78 is 46.1. The third-order valence-electron chi connectivity index (χ3n) is 2.35. The Morgan fingerprint density at radius 1 is 1.32 bits per heavy atom. The van der Waals surface area contributed by atoms with Crippen LogP contribution in [0.1, 0.15) is 5.89 Å². The Morgan fingerprint density at radius 2 is 2.00 bits per heavy atom. The number of benzene rings is 1. The normalized spacial score (nSPS) is 11.3. The number of hydrogen-bond acceptors (Lipinski definition) is 6. The molecule has 0 fully saturated rings. The molecular weight excluding hydrogens is 323 g/mol. The van der Waals surface area contributed by atoms with Crippen molar-refractivity contribution in [1.29, 1.82) is 0 Å². The zero-order valence-corrected chi connectivity index (χ0v) is 12.0. The predicted octanol–water partition coefficient (Wildman–Crippen LogP) is 2.83. The molecule has 0 aliphatic carbocycles. The first-order chi connectivity index (χ1) is 10.4. The minimum atomic E-state index is -4.70. The molecule has 0 atom stereocenters. The van der Waals surface area contributed by atoms with Crippen molar-refractivity contribution in [2.75, 3.05) is 18.2 Å². The standard InChI is InChI=1S/C12H10F3N3O3S/c1-20-8-4-2-7(3-5-8)16-9(19)6-22-11-18-17-10(21-11)12(13,14)15/h2-5H,6H2,1H3,(H,16,19). The Bertz CT molecular complexity index is 643. The third kappa shape index (κ3) is 4.38. The molecule has 1 heterocycles. The van der Waals surface area contributed by atoms with Crippen LogP contribution in [0.4, 0.5) is 18.9 Å². The van der Waals surface area contributed by atoms with Gasteiger partial charge in [0, 0.05) is 5.69 Å². The van der Waals surface area contributed by atoms with Gasteiger partial charge in [-0.3, -0.25) is 4.79 Å². The zero-order valence-electron chi connectivity index (χ0n) is 11.2. The summed E-state index contributed by atoms with van der Waals surface area (Å²) in [7, 11) is 1.52. The van der Waals surface area contributed by atoms with Crippen molar-refractivity contribution in [3.8, 4) is 5.75 Å². The SMILES string of the molecule is COc1ccc(NC(=O)CSc2nnc(C(F)(F)F)o2)cc1. The lowest BCUT2D eigenvalue weighted by Crippen LogP contribution is -2.13. The number of amides is 1. The monoisotopic (exact) mass is 333 g/mol. The van der Waals surface area contributed by atoms with Gasteiger partial charge < -0.3 is 14.5 Å². The Balaban J connectivity index is 1.85. The Morgan fingerprint density at radius 3 is 2.55 bits per heavy atom. The minimum Gasteiger partial charge on any atom is -0.497 e. The average molecular weight is 333 g/mol. The van der Waals surface area contributed by atoms with Gasteiger partial charge in [0.15, 0.2) is 0 Å². The molecule has 2 aromatic rings. The summed E-state index contributed by atoms with van der Waals surface area (Å²) >= 11 is 0.715. The molecule has 1 N–H and O–H groups in total. The molecule has 0 spiro atoms. The average Bonchev–Trinajstić information content (AvgIpc) is 2.95. The van der Waals surface area contributed by atoms with Crippen molar-refractivity contribution in [2.24, 2.45) is 0 Å². The van der Waals surface area contributed by atoms with Crippen molar-refractivity contribution in [1.82, 2.24) is 10.2 Å². The fourth-order valence-corrected chi connectivity index (χ4v) is 1.94. The number of carbonyl (C=O) groups excluding carboxylic acids is 1. The Kier molecular flexibility index (Phi) is 4.91. The molecule has 118 valence electrons. The van der Waals surface area contributed by atoms with Gasteiger partial charge in [0.05, 0.1) is 12.9 Å². The molecule has 0 radical (unpaired) electrons. The molecule has 1 aromatic heterocycles. The summed E-state index contributed by atoms with van der Waals surface area (Å²) in [5.41, 5.74) is 0.535. The van der Waals surface area contributed by atoms with E-state index in [0.717, 1.165) is 0 Å². The van der Waals surface area contributed by atoms with Crippen LogP contribution in [-0.2, 0) is 11.0 Å². The van der Waals surface area contributed by atoms with E-state index in [0.29, 0.717) is 23.2 Å². The highest BCUT2D eigenvalue weighted by molar-refractivity contribution is 7.99. The number of thioether (sulfide) groups is 1. The number of rotatable bonds is 5. The van der Waals surface area contributed by atoms with Gasteiger partial charge in [-0.1, -0.05) is 11.8 Å². The van der Waals surface area contributed by atoms with Crippen molar-refractivity contribution >= 4 is 23.4 Å². The van der Waals surface area contributed by atoms with Crippen LogP contribution in [0.3, 0.4) is 0 Å². The highest BCUT2D eigenvalue weighted by atomic mass is 32.2. The summed E-state index contributed by atoms with van der Waals surface area (Å²) in [6, 6.07) is 6.60. The maximum absolute atomic E-state index is 12.3. The lowest BCUT2D eigenvalue weighted by atomic mass is 10.3. The molecular formula is C12H10F3N3O3S. The number of ether oxygens (including phenoxy) is 1. The maximum atomic E-state index is 12.3. The van der Waals surface area contributed by atoms with Crippen LogP contribution in [0.25, 0.3) is 0 Å². The van der Waals surface area contributed by atoms with Gasteiger partial charge in [-0.2, -0.15) is 13.2 Å². The topological polar surface area (TPSA) is 77.2 Å². The number of carbonyl (C=O) groups is 1. The molecule has 0 aliphatic rings. The lowest BCUT2D eigenvalue weighted by Gasteiger charge is -2.05. The first kappa shape index (κ1) is 16.1. The van der Waals surface area contributed by atoms with Gasteiger partial charge in [0.25, 0.3) is 5.22 Å². The molecule has 0 aliphatic heterocycles. The van der Waals surface area contributed by atoms with Gasteiger partial charge in [-0.05, 0) is 24.3 Å². The summed E-state index contributed by atoms with van der Waals surface area (Å²) in [5.74, 6) is -1.38. The van der Waals surface area contributed by atoms with E-state index in [9.17, 15) is 18.0 Å². The van der Waals surface area contributed by atoms with E-state index in [1.807, 2.05) is 0 Å². The minimum absolute atomic E-state index is 0.161. The molecule has 6 nitrogen and oxygen atoms in total. The van der Waals surface area contributed by atoms with Gasteiger partial charge in [0.1, 0.15) is 5.75 Å². The molecule has 2 rings (SSSR count). The van der Waals surface area contributed by atoms with Gasteiger partial charge in [-0.25, -0.2) is 0 Å². The smallest absolute Gasteiger partial charge is 0.470 e. The van der Waals surface area contributed by atoms with E-state index in [2.05, 4.69) is 19.9 Å². The molecule has 1 aromatic carbocycles. The third-order valence-corrected chi connectivity index (χ3v) is 3.17. The summed E-state index contributed by atoms with van der Waals surface area (Å²) in [6.07, 6.45) is -4.70. The molecule has 10 heteroatoms. The second kappa shape index (κ2) is 6.69. The fraction of sp³-hybridized carbons (Fsp3) is 0.250. The van der Waals surface area contributed by atoms with Crippen LogP contribution in [-0.4, -0.2) is 29.0 Å². The van der Waals surface area contributed by atoms with E-state index in [4.69, 9.17) is 4.74 Å². The number of methoxy groups -OCH3 is 1. The first-order valence-electron chi connectivity index (χ1n) is 5.86. The van der Waals surface area contributed by atoms with Gasteiger partial charge in [0.2, 0.25) is 5.91 Å². The Labute approximate surface area is 127 Å². The second-order valence-electron chi connectivity index (χ2n) is 3.94. The summed E-state index contributed by atoms with van der Waals surface area (Å²) in [4.78, 5) is 11.7. The van der Waals surface area contributed by atoms with Crippen LogP contribution in [0.2, 0.25) is 0 Å².